The molecule has 2 atom stereocenters. The van der Waals surface area contributed by atoms with Gasteiger partial charge in [-0.15, -0.1) is 11.3 Å². The zero-order valence-electron chi connectivity index (χ0n) is 9.72. The average Bonchev–Trinajstić information content (AvgIpc) is 2.62. The first-order chi connectivity index (χ1) is 7.17. The van der Waals surface area contributed by atoms with Crippen LogP contribution in [-0.2, 0) is 6.42 Å². The second-order valence-electron chi connectivity index (χ2n) is 3.96. The zero-order valence-corrected chi connectivity index (χ0v) is 12.1. The molecule has 0 fully saturated rings. The lowest BCUT2D eigenvalue weighted by Gasteiger charge is -2.23. The van der Waals surface area contributed by atoms with Crippen molar-refractivity contribution in [3.05, 3.63) is 20.8 Å². The minimum Gasteiger partial charge on any atom is -0.314 e. The topological polar surface area (TPSA) is 12.0 Å². The van der Waals surface area contributed by atoms with E-state index in [0.717, 1.165) is 18.9 Å². The molecule has 1 nitrogen and oxygen atoms in total. The highest BCUT2D eigenvalue weighted by Crippen LogP contribution is 2.24. The minimum absolute atomic E-state index is 0.616. The second-order valence-corrected chi connectivity index (χ2v) is 6.51. The summed E-state index contributed by atoms with van der Waals surface area (Å²) in [6, 6.07) is 4.98. The van der Waals surface area contributed by atoms with Crippen molar-refractivity contribution in [1.82, 2.24) is 5.32 Å². The van der Waals surface area contributed by atoms with Gasteiger partial charge in [-0.05, 0) is 46.9 Å². The molecule has 0 saturated carbocycles. The molecule has 1 N–H and O–H groups in total. The van der Waals surface area contributed by atoms with Crippen LogP contribution in [0.15, 0.2) is 15.9 Å². The van der Waals surface area contributed by atoms with Crippen LogP contribution in [0.4, 0.5) is 0 Å². The molecule has 0 aliphatic carbocycles. The van der Waals surface area contributed by atoms with Crippen molar-refractivity contribution < 1.29 is 0 Å². The molecule has 15 heavy (non-hydrogen) atoms. The van der Waals surface area contributed by atoms with Crippen LogP contribution in [0.1, 0.15) is 32.1 Å². The monoisotopic (exact) mass is 289 g/mol. The van der Waals surface area contributed by atoms with Crippen molar-refractivity contribution in [3.63, 3.8) is 0 Å². The number of halogens is 1. The Kier molecular flexibility index (Phi) is 5.87. The molecule has 0 aromatic carbocycles. The van der Waals surface area contributed by atoms with Crippen LogP contribution in [-0.4, -0.2) is 12.6 Å². The molecule has 0 amide bonds. The van der Waals surface area contributed by atoms with E-state index in [4.69, 9.17) is 0 Å². The van der Waals surface area contributed by atoms with Gasteiger partial charge in [-0.3, -0.25) is 0 Å². The largest absolute Gasteiger partial charge is 0.314 e. The first kappa shape index (κ1) is 13.2. The van der Waals surface area contributed by atoms with E-state index in [-0.39, 0.29) is 0 Å². The Bertz CT molecular complexity index is 285. The van der Waals surface area contributed by atoms with Crippen molar-refractivity contribution in [3.8, 4) is 0 Å². The summed E-state index contributed by atoms with van der Waals surface area (Å²) >= 11 is 5.36. The molecule has 1 aromatic heterocycles. The number of likely N-dealkylation sites (N-methyl/N-ethyl adjacent to an activating group) is 1. The lowest BCUT2D eigenvalue weighted by atomic mass is 9.96. The summed E-state index contributed by atoms with van der Waals surface area (Å²) in [5.74, 6) is 0.742. The number of hydrogen-bond donors (Lipinski definition) is 1. The molecule has 1 heterocycles. The maximum absolute atomic E-state index is 3.58. The fourth-order valence-electron chi connectivity index (χ4n) is 1.70. The molecule has 0 aliphatic heterocycles. The highest BCUT2D eigenvalue weighted by atomic mass is 79.9. The molecular formula is C12H20BrNS. The van der Waals surface area contributed by atoms with Gasteiger partial charge in [0.2, 0.25) is 0 Å². The zero-order chi connectivity index (χ0) is 11.3. The standard InChI is InChI=1S/C12H20BrNS/c1-4-9(3)11(14-5-2)8-10-6-7-12(13)15-10/h6-7,9,11,14H,4-5,8H2,1-3H3. The van der Waals surface area contributed by atoms with Gasteiger partial charge in [0.05, 0.1) is 3.79 Å². The number of hydrogen-bond acceptors (Lipinski definition) is 2. The Morgan fingerprint density at radius 2 is 2.13 bits per heavy atom. The maximum atomic E-state index is 3.58. The second kappa shape index (κ2) is 6.66. The number of nitrogens with one attached hydrogen (secondary N) is 1. The summed E-state index contributed by atoms with van der Waals surface area (Å²) in [5, 5.41) is 3.58. The average molecular weight is 290 g/mol. The van der Waals surface area contributed by atoms with Crippen LogP contribution < -0.4 is 5.32 Å². The van der Waals surface area contributed by atoms with Crippen molar-refractivity contribution in [2.45, 2.75) is 39.7 Å². The van der Waals surface area contributed by atoms with Gasteiger partial charge in [0, 0.05) is 10.9 Å². The van der Waals surface area contributed by atoms with E-state index in [2.05, 4.69) is 54.2 Å². The summed E-state index contributed by atoms with van der Waals surface area (Å²) in [5.41, 5.74) is 0. The predicted octanol–water partition coefficient (Wildman–Crippen LogP) is 4.08. The SMILES string of the molecule is CCNC(Cc1ccc(Br)s1)C(C)CC. The van der Waals surface area contributed by atoms with Crippen molar-refractivity contribution in [2.24, 2.45) is 5.92 Å². The molecule has 1 aromatic rings. The molecule has 86 valence electrons. The molecule has 0 saturated heterocycles. The van der Waals surface area contributed by atoms with Crippen LogP contribution in [0, 0.1) is 5.92 Å². The summed E-state index contributed by atoms with van der Waals surface area (Å²) < 4.78 is 1.23. The van der Waals surface area contributed by atoms with Gasteiger partial charge in [0.1, 0.15) is 0 Å². The van der Waals surface area contributed by atoms with Gasteiger partial charge in [0.15, 0.2) is 0 Å². The molecule has 0 spiro atoms. The maximum Gasteiger partial charge on any atom is 0.0701 e. The van der Waals surface area contributed by atoms with Crippen molar-refractivity contribution in [2.75, 3.05) is 6.54 Å². The fourth-order valence-corrected chi connectivity index (χ4v) is 3.24. The minimum atomic E-state index is 0.616. The molecule has 0 aliphatic rings. The first-order valence-electron chi connectivity index (χ1n) is 5.65. The third kappa shape index (κ3) is 4.25. The van der Waals surface area contributed by atoms with Gasteiger partial charge in [-0.1, -0.05) is 27.2 Å². The number of thiophene rings is 1. The highest BCUT2D eigenvalue weighted by Gasteiger charge is 2.15. The highest BCUT2D eigenvalue weighted by molar-refractivity contribution is 9.11. The van der Waals surface area contributed by atoms with Crippen LogP contribution in [0.3, 0.4) is 0 Å². The summed E-state index contributed by atoms with van der Waals surface area (Å²) in [6.07, 6.45) is 2.39. The van der Waals surface area contributed by atoms with Gasteiger partial charge in [-0.25, -0.2) is 0 Å². The van der Waals surface area contributed by atoms with Crippen LogP contribution >= 0.6 is 27.3 Å². The van der Waals surface area contributed by atoms with Crippen molar-refractivity contribution >= 4 is 27.3 Å². The Balaban J connectivity index is 2.57. The molecule has 3 heteroatoms. The molecule has 0 radical (unpaired) electrons. The van der Waals surface area contributed by atoms with E-state index in [1.807, 2.05) is 11.3 Å². The Morgan fingerprint density at radius 3 is 2.60 bits per heavy atom. The molecule has 0 bridgehead atoms. The van der Waals surface area contributed by atoms with E-state index >= 15 is 0 Å². The van der Waals surface area contributed by atoms with Gasteiger partial charge >= 0.3 is 0 Å². The van der Waals surface area contributed by atoms with Gasteiger partial charge in [-0.2, -0.15) is 0 Å². The summed E-state index contributed by atoms with van der Waals surface area (Å²) in [4.78, 5) is 1.47. The van der Waals surface area contributed by atoms with E-state index in [9.17, 15) is 0 Å². The Labute approximate surface area is 105 Å². The molecular weight excluding hydrogens is 270 g/mol. The molecule has 1 rings (SSSR count). The molecule has 2 unspecified atom stereocenters. The number of rotatable bonds is 6. The lowest BCUT2D eigenvalue weighted by Crippen LogP contribution is -2.36. The van der Waals surface area contributed by atoms with E-state index in [1.165, 1.54) is 15.1 Å². The van der Waals surface area contributed by atoms with Crippen molar-refractivity contribution in [1.29, 1.82) is 0 Å². The normalized spacial score (nSPS) is 15.2. The fraction of sp³-hybridized carbons (Fsp3) is 0.667. The predicted molar refractivity (Wildman–Crippen MR) is 72.6 cm³/mol. The van der Waals surface area contributed by atoms with E-state index in [0.29, 0.717) is 6.04 Å². The quantitative estimate of drug-likeness (QED) is 0.832. The van der Waals surface area contributed by atoms with Crippen LogP contribution in [0.25, 0.3) is 0 Å². The third-order valence-electron chi connectivity index (χ3n) is 2.85. The Morgan fingerprint density at radius 1 is 1.40 bits per heavy atom. The van der Waals surface area contributed by atoms with Gasteiger partial charge in [0.25, 0.3) is 0 Å². The van der Waals surface area contributed by atoms with E-state index in [1.54, 1.807) is 0 Å². The van der Waals surface area contributed by atoms with Gasteiger partial charge < -0.3 is 5.32 Å². The van der Waals surface area contributed by atoms with E-state index < -0.39 is 0 Å². The van der Waals surface area contributed by atoms with Crippen LogP contribution in [0.5, 0.6) is 0 Å². The smallest absolute Gasteiger partial charge is 0.0701 e. The summed E-state index contributed by atoms with van der Waals surface area (Å²) in [7, 11) is 0. The lowest BCUT2D eigenvalue weighted by molar-refractivity contribution is 0.372. The summed E-state index contributed by atoms with van der Waals surface area (Å²) in [6.45, 7) is 7.83. The Hall–Kier alpha value is 0.140. The third-order valence-corrected chi connectivity index (χ3v) is 4.49. The van der Waals surface area contributed by atoms with Crippen LogP contribution in [0.2, 0.25) is 0 Å². The first-order valence-corrected chi connectivity index (χ1v) is 7.25.